The highest BCUT2D eigenvalue weighted by molar-refractivity contribution is 5.89. The lowest BCUT2D eigenvalue weighted by molar-refractivity contribution is -0.136. The predicted octanol–water partition coefficient (Wildman–Crippen LogP) is 2.60. The van der Waals surface area contributed by atoms with E-state index in [4.69, 9.17) is 9.47 Å². The fourth-order valence-electron chi connectivity index (χ4n) is 4.48. The normalized spacial score (nSPS) is 25.2. The zero-order chi connectivity index (χ0) is 18.0. The van der Waals surface area contributed by atoms with Crippen molar-refractivity contribution >= 4 is 5.91 Å². The van der Waals surface area contributed by atoms with Gasteiger partial charge in [0.25, 0.3) is 0 Å². The molecule has 1 N–H and O–H groups in total. The van der Waals surface area contributed by atoms with E-state index in [2.05, 4.69) is 6.92 Å². The molecule has 1 saturated heterocycles. The van der Waals surface area contributed by atoms with Gasteiger partial charge in [0, 0.05) is 25.6 Å². The number of nitrogens with zero attached hydrogens (tertiary/aromatic N) is 1. The molecule has 2 fully saturated rings. The zero-order valence-electron chi connectivity index (χ0n) is 15.5. The van der Waals surface area contributed by atoms with E-state index in [1.165, 1.54) is 0 Å². The number of carbonyl (C=O) groups excluding carboxylic acids is 1. The van der Waals surface area contributed by atoms with Crippen molar-refractivity contribution in [1.82, 2.24) is 4.90 Å². The first-order valence-electron chi connectivity index (χ1n) is 9.18. The lowest BCUT2D eigenvalue weighted by atomic mass is 9.77. The molecular formula is C20H29NO4. The van der Waals surface area contributed by atoms with E-state index < -0.39 is 5.41 Å². The summed E-state index contributed by atoms with van der Waals surface area (Å²) in [5, 5.41) is 9.54. The number of rotatable bonds is 5. The highest BCUT2D eigenvalue weighted by atomic mass is 16.5. The first-order valence-corrected chi connectivity index (χ1v) is 9.18. The standard InChI is InChI=1S/C20H29NO4/c1-14-11-21(12-15(14)13-22)19(23)20(8-4-5-9-20)16-6-7-17(24-2)18(10-16)25-3/h6-7,10,14-15,22H,4-5,8-9,11-13H2,1-3H3/t14-,15+/m1/s1. The van der Waals surface area contributed by atoms with Crippen LogP contribution in [0.1, 0.15) is 38.2 Å². The van der Waals surface area contributed by atoms with Gasteiger partial charge in [-0.1, -0.05) is 25.8 Å². The minimum atomic E-state index is -0.469. The number of hydrogen-bond donors (Lipinski definition) is 1. The summed E-state index contributed by atoms with van der Waals surface area (Å²) in [6, 6.07) is 5.86. The third-order valence-electron chi connectivity index (χ3n) is 6.09. The summed E-state index contributed by atoms with van der Waals surface area (Å²) >= 11 is 0. The van der Waals surface area contributed by atoms with Crippen LogP contribution in [0.15, 0.2) is 18.2 Å². The van der Waals surface area contributed by atoms with Crippen LogP contribution in [0.25, 0.3) is 0 Å². The number of hydrogen-bond acceptors (Lipinski definition) is 4. The molecule has 0 spiro atoms. The van der Waals surface area contributed by atoms with Crippen LogP contribution in [0, 0.1) is 11.8 Å². The molecule has 1 saturated carbocycles. The number of aliphatic hydroxyl groups is 1. The van der Waals surface area contributed by atoms with Crippen molar-refractivity contribution in [2.45, 2.75) is 38.0 Å². The molecule has 5 heteroatoms. The Balaban J connectivity index is 1.93. The van der Waals surface area contributed by atoms with E-state index in [1.807, 2.05) is 23.1 Å². The zero-order valence-corrected chi connectivity index (χ0v) is 15.5. The Morgan fingerprint density at radius 3 is 2.44 bits per heavy atom. The van der Waals surface area contributed by atoms with Crippen LogP contribution < -0.4 is 9.47 Å². The van der Waals surface area contributed by atoms with Gasteiger partial charge in [0.15, 0.2) is 11.5 Å². The molecule has 0 aromatic heterocycles. The van der Waals surface area contributed by atoms with Gasteiger partial charge in [-0.2, -0.15) is 0 Å². The molecule has 0 unspecified atom stereocenters. The molecule has 1 amide bonds. The fraction of sp³-hybridized carbons (Fsp3) is 0.650. The first-order chi connectivity index (χ1) is 12.1. The Hall–Kier alpha value is -1.75. The summed E-state index contributed by atoms with van der Waals surface area (Å²) in [6.45, 7) is 3.66. The van der Waals surface area contributed by atoms with Crippen LogP contribution in [-0.2, 0) is 10.2 Å². The molecule has 2 aliphatic rings. The van der Waals surface area contributed by atoms with Crippen LogP contribution in [-0.4, -0.2) is 49.8 Å². The number of benzene rings is 1. The van der Waals surface area contributed by atoms with Gasteiger partial charge in [-0.3, -0.25) is 4.79 Å². The second-order valence-corrected chi connectivity index (χ2v) is 7.49. The Bertz CT molecular complexity index is 624. The summed E-state index contributed by atoms with van der Waals surface area (Å²) < 4.78 is 10.8. The van der Waals surface area contributed by atoms with E-state index in [9.17, 15) is 9.90 Å². The molecule has 25 heavy (non-hydrogen) atoms. The van der Waals surface area contributed by atoms with E-state index in [0.29, 0.717) is 24.0 Å². The molecule has 0 bridgehead atoms. The number of carbonyl (C=O) groups is 1. The molecule has 0 radical (unpaired) electrons. The topological polar surface area (TPSA) is 59.0 Å². The summed E-state index contributed by atoms with van der Waals surface area (Å²) in [5.74, 6) is 2.09. The number of likely N-dealkylation sites (tertiary alicyclic amines) is 1. The lowest BCUT2D eigenvalue weighted by Crippen LogP contribution is -2.44. The van der Waals surface area contributed by atoms with Crippen LogP contribution in [0.2, 0.25) is 0 Å². The molecule has 1 aliphatic carbocycles. The Labute approximate surface area is 149 Å². The predicted molar refractivity (Wildman–Crippen MR) is 96.0 cm³/mol. The smallest absolute Gasteiger partial charge is 0.233 e. The van der Waals surface area contributed by atoms with E-state index in [1.54, 1.807) is 14.2 Å². The Morgan fingerprint density at radius 1 is 1.20 bits per heavy atom. The summed E-state index contributed by atoms with van der Waals surface area (Å²) in [7, 11) is 3.24. The number of aliphatic hydroxyl groups excluding tert-OH is 1. The van der Waals surface area contributed by atoms with Crippen LogP contribution in [0.4, 0.5) is 0 Å². The quantitative estimate of drug-likeness (QED) is 0.889. The van der Waals surface area contributed by atoms with Crippen molar-refractivity contribution < 1.29 is 19.4 Å². The molecule has 1 aliphatic heterocycles. The highest BCUT2D eigenvalue weighted by Gasteiger charge is 2.47. The second kappa shape index (κ2) is 7.24. The molecule has 1 aromatic carbocycles. The SMILES string of the molecule is COc1ccc(C2(C(=O)N3C[C@@H](CO)[C@H](C)C3)CCCC2)cc1OC. The van der Waals surface area contributed by atoms with Gasteiger partial charge in [-0.05, 0) is 36.5 Å². The van der Waals surface area contributed by atoms with Gasteiger partial charge in [0.2, 0.25) is 5.91 Å². The minimum absolute atomic E-state index is 0.147. The van der Waals surface area contributed by atoms with Crippen LogP contribution in [0.5, 0.6) is 11.5 Å². The van der Waals surface area contributed by atoms with Crippen LogP contribution >= 0.6 is 0 Å². The summed E-state index contributed by atoms with van der Waals surface area (Å²) in [5.41, 5.74) is 0.552. The Morgan fingerprint density at radius 2 is 1.88 bits per heavy atom. The van der Waals surface area contributed by atoms with E-state index in [-0.39, 0.29) is 18.4 Å². The third kappa shape index (κ3) is 3.10. The third-order valence-corrected chi connectivity index (χ3v) is 6.09. The maximum atomic E-state index is 13.5. The van der Waals surface area contributed by atoms with Crippen molar-refractivity contribution in [3.63, 3.8) is 0 Å². The molecule has 1 heterocycles. The van der Waals surface area contributed by atoms with Gasteiger partial charge in [-0.25, -0.2) is 0 Å². The average Bonchev–Trinajstić information content (AvgIpc) is 3.28. The van der Waals surface area contributed by atoms with Gasteiger partial charge in [-0.15, -0.1) is 0 Å². The average molecular weight is 347 g/mol. The molecule has 5 nitrogen and oxygen atoms in total. The number of ether oxygens (including phenoxy) is 2. The van der Waals surface area contributed by atoms with Gasteiger partial charge < -0.3 is 19.5 Å². The fourth-order valence-corrected chi connectivity index (χ4v) is 4.48. The van der Waals surface area contributed by atoms with Gasteiger partial charge in [0.05, 0.1) is 19.6 Å². The molecule has 1 aromatic rings. The summed E-state index contributed by atoms with van der Waals surface area (Å²) in [6.07, 6.45) is 3.87. The highest BCUT2D eigenvalue weighted by Crippen LogP contribution is 2.45. The maximum absolute atomic E-state index is 13.5. The lowest BCUT2D eigenvalue weighted by Gasteiger charge is -2.33. The van der Waals surface area contributed by atoms with Crippen molar-refractivity contribution in [2.75, 3.05) is 33.9 Å². The monoisotopic (exact) mass is 347 g/mol. The van der Waals surface area contributed by atoms with Crippen molar-refractivity contribution in [2.24, 2.45) is 11.8 Å². The largest absolute Gasteiger partial charge is 0.493 e. The molecule has 3 rings (SSSR count). The summed E-state index contributed by atoms with van der Waals surface area (Å²) in [4.78, 5) is 15.5. The van der Waals surface area contributed by atoms with E-state index in [0.717, 1.165) is 37.8 Å². The van der Waals surface area contributed by atoms with Crippen molar-refractivity contribution in [1.29, 1.82) is 0 Å². The van der Waals surface area contributed by atoms with Gasteiger partial charge >= 0.3 is 0 Å². The van der Waals surface area contributed by atoms with Crippen LogP contribution in [0.3, 0.4) is 0 Å². The number of methoxy groups -OCH3 is 2. The van der Waals surface area contributed by atoms with Crippen molar-refractivity contribution in [3.05, 3.63) is 23.8 Å². The van der Waals surface area contributed by atoms with Gasteiger partial charge in [0.1, 0.15) is 0 Å². The molecular weight excluding hydrogens is 318 g/mol. The first kappa shape index (κ1) is 18.1. The Kier molecular flexibility index (Phi) is 5.23. The minimum Gasteiger partial charge on any atom is -0.493 e. The molecule has 2 atom stereocenters. The maximum Gasteiger partial charge on any atom is 0.233 e. The van der Waals surface area contributed by atoms with Crippen molar-refractivity contribution in [3.8, 4) is 11.5 Å². The van der Waals surface area contributed by atoms with E-state index >= 15 is 0 Å². The molecule has 138 valence electrons. The number of amides is 1. The second-order valence-electron chi connectivity index (χ2n) is 7.49.